The van der Waals surface area contributed by atoms with Gasteiger partial charge in [0.1, 0.15) is 11.4 Å². The van der Waals surface area contributed by atoms with Crippen LogP contribution in [-0.2, 0) is 17.7 Å². The molecule has 0 saturated carbocycles. The molecule has 1 N–H and O–H groups in total. The first-order chi connectivity index (χ1) is 8.37. The lowest BCUT2D eigenvalue weighted by Crippen LogP contribution is -2.29. The molecular weight excluding hydrogens is 233 g/mol. The Bertz CT molecular complexity index is 477. The molecule has 0 aromatic heterocycles. The summed E-state index contributed by atoms with van der Waals surface area (Å²) in [4.78, 5) is 12.1. The Morgan fingerprint density at radius 1 is 1.39 bits per heavy atom. The van der Waals surface area contributed by atoms with Crippen molar-refractivity contribution in [2.75, 3.05) is 6.54 Å². The van der Waals surface area contributed by atoms with Crippen LogP contribution < -0.4 is 5.32 Å². The molecule has 0 atom stereocenters. The van der Waals surface area contributed by atoms with Crippen LogP contribution in [0.25, 0.3) is 0 Å². The molecule has 1 heterocycles. The summed E-state index contributed by atoms with van der Waals surface area (Å²) in [6, 6.07) is 2.76. The Morgan fingerprint density at radius 3 is 2.78 bits per heavy atom. The summed E-state index contributed by atoms with van der Waals surface area (Å²) in [5.74, 6) is -0.835. The third-order valence-electron chi connectivity index (χ3n) is 2.79. The zero-order valence-electron chi connectivity index (χ0n) is 11.0. The van der Waals surface area contributed by atoms with Gasteiger partial charge in [0.25, 0.3) is 0 Å². The van der Waals surface area contributed by atoms with Crippen molar-refractivity contribution in [1.82, 2.24) is 5.32 Å². The fourth-order valence-electron chi connectivity index (χ4n) is 2.10. The minimum absolute atomic E-state index is 0.362. The highest BCUT2D eigenvalue weighted by molar-refractivity contribution is 5.92. The third kappa shape index (κ3) is 2.88. The van der Waals surface area contributed by atoms with E-state index < -0.39 is 17.4 Å². The molecule has 0 bridgehead atoms. The van der Waals surface area contributed by atoms with Crippen molar-refractivity contribution in [2.45, 2.75) is 39.3 Å². The maximum atomic E-state index is 13.5. The van der Waals surface area contributed by atoms with Gasteiger partial charge in [0.2, 0.25) is 0 Å². The summed E-state index contributed by atoms with van der Waals surface area (Å²) >= 11 is 0. The number of rotatable bonds is 1. The first kappa shape index (κ1) is 13.0. The largest absolute Gasteiger partial charge is 0.456 e. The number of carbonyl (C=O) groups excluding carboxylic acids is 1. The normalized spacial score (nSPS) is 15.1. The highest BCUT2D eigenvalue weighted by Gasteiger charge is 2.23. The van der Waals surface area contributed by atoms with Crippen molar-refractivity contribution in [3.8, 4) is 0 Å². The minimum atomic E-state index is -0.566. The van der Waals surface area contributed by atoms with Gasteiger partial charge in [-0.1, -0.05) is 0 Å². The molecule has 0 spiro atoms. The highest BCUT2D eigenvalue weighted by atomic mass is 19.1. The third-order valence-corrected chi connectivity index (χ3v) is 2.79. The van der Waals surface area contributed by atoms with Crippen LogP contribution in [0.5, 0.6) is 0 Å². The van der Waals surface area contributed by atoms with E-state index in [4.69, 9.17) is 4.74 Å². The number of hydrogen-bond acceptors (Lipinski definition) is 3. The maximum absolute atomic E-state index is 13.5. The van der Waals surface area contributed by atoms with Crippen LogP contribution in [0.2, 0.25) is 0 Å². The number of carbonyl (C=O) groups is 1. The number of ether oxygens (including phenoxy) is 1. The maximum Gasteiger partial charge on any atom is 0.339 e. The van der Waals surface area contributed by atoms with E-state index in [1.165, 1.54) is 12.1 Å². The van der Waals surface area contributed by atoms with Crippen LogP contribution in [0.1, 0.15) is 42.3 Å². The van der Waals surface area contributed by atoms with Gasteiger partial charge in [-0.2, -0.15) is 0 Å². The topological polar surface area (TPSA) is 38.3 Å². The predicted octanol–water partition coefficient (Wildman–Crippen LogP) is 2.43. The smallest absolute Gasteiger partial charge is 0.339 e. The molecule has 4 heteroatoms. The fourth-order valence-corrected chi connectivity index (χ4v) is 2.10. The van der Waals surface area contributed by atoms with Crippen molar-refractivity contribution in [1.29, 1.82) is 0 Å². The van der Waals surface area contributed by atoms with E-state index in [0.717, 1.165) is 24.1 Å². The molecule has 0 fully saturated rings. The lowest BCUT2D eigenvalue weighted by molar-refractivity contribution is 0.00675. The summed E-state index contributed by atoms with van der Waals surface area (Å²) < 4.78 is 18.8. The Balaban J connectivity index is 2.38. The average Bonchev–Trinajstić information content (AvgIpc) is 2.25. The second-order valence-corrected chi connectivity index (χ2v) is 5.52. The zero-order chi connectivity index (χ0) is 13.3. The van der Waals surface area contributed by atoms with Crippen LogP contribution >= 0.6 is 0 Å². The standard InChI is InChI=1S/C14H18FNO2/c1-14(2,3)18-13(17)12-7-10(15)6-9-8-16-5-4-11(9)12/h6-7,16H,4-5,8H2,1-3H3. The van der Waals surface area contributed by atoms with E-state index in [9.17, 15) is 9.18 Å². The summed E-state index contributed by atoms with van der Waals surface area (Å²) in [5, 5.41) is 3.16. The number of fused-ring (bicyclic) bond motifs is 1. The second-order valence-electron chi connectivity index (χ2n) is 5.52. The van der Waals surface area contributed by atoms with Crippen molar-refractivity contribution >= 4 is 5.97 Å². The molecular formula is C14H18FNO2. The Labute approximate surface area is 106 Å². The van der Waals surface area contributed by atoms with Gasteiger partial charge < -0.3 is 10.1 Å². The van der Waals surface area contributed by atoms with Gasteiger partial charge >= 0.3 is 5.97 Å². The van der Waals surface area contributed by atoms with Crippen LogP contribution in [-0.4, -0.2) is 18.1 Å². The molecule has 3 nitrogen and oxygen atoms in total. The van der Waals surface area contributed by atoms with E-state index >= 15 is 0 Å². The van der Waals surface area contributed by atoms with Crippen molar-refractivity contribution in [3.63, 3.8) is 0 Å². The zero-order valence-corrected chi connectivity index (χ0v) is 11.0. The van der Waals surface area contributed by atoms with Gasteiger partial charge in [0.15, 0.2) is 0 Å². The second kappa shape index (κ2) is 4.69. The average molecular weight is 251 g/mol. The molecule has 0 radical (unpaired) electrons. The fraction of sp³-hybridized carbons (Fsp3) is 0.500. The Hall–Kier alpha value is -1.42. The molecule has 1 aliphatic rings. The molecule has 1 aromatic carbocycles. The number of esters is 1. The molecule has 18 heavy (non-hydrogen) atoms. The molecule has 2 rings (SSSR count). The lowest BCUT2D eigenvalue weighted by atomic mass is 9.95. The van der Waals surface area contributed by atoms with E-state index in [1.54, 1.807) is 20.8 Å². The molecule has 0 amide bonds. The predicted molar refractivity (Wildman–Crippen MR) is 67.0 cm³/mol. The van der Waals surface area contributed by atoms with Crippen LogP contribution in [0.4, 0.5) is 4.39 Å². The molecule has 0 aliphatic carbocycles. The summed E-state index contributed by atoms with van der Waals surface area (Å²) in [5.41, 5.74) is 1.55. The quantitative estimate of drug-likeness (QED) is 0.779. The van der Waals surface area contributed by atoms with E-state index in [1.807, 2.05) is 0 Å². The van der Waals surface area contributed by atoms with E-state index in [2.05, 4.69) is 5.32 Å². The van der Waals surface area contributed by atoms with Crippen LogP contribution in [0.15, 0.2) is 12.1 Å². The molecule has 1 aromatic rings. The summed E-state index contributed by atoms with van der Waals surface area (Å²) in [6.07, 6.45) is 0.726. The number of halogens is 1. The monoisotopic (exact) mass is 251 g/mol. The van der Waals surface area contributed by atoms with Gasteiger partial charge in [0.05, 0.1) is 5.56 Å². The van der Waals surface area contributed by atoms with Gasteiger partial charge in [-0.25, -0.2) is 9.18 Å². The van der Waals surface area contributed by atoms with Gasteiger partial charge in [-0.3, -0.25) is 0 Å². The Kier molecular flexibility index (Phi) is 3.39. The number of hydrogen-bond donors (Lipinski definition) is 1. The first-order valence-corrected chi connectivity index (χ1v) is 6.12. The molecule has 0 unspecified atom stereocenters. The van der Waals surface area contributed by atoms with E-state index in [0.29, 0.717) is 12.1 Å². The summed E-state index contributed by atoms with van der Waals surface area (Å²) in [6.45, 7) is 6.81. The SMILES string of the molecule is CC(C)(C)OC(=O)c1cc(F)cc2c1CCNC2. The highest BCUT2D eigenvalue weighted by Crippen LogP contribution is 2.23. The molecule has 0 saturated heterocycles. The minimum Gasteiger partial charge on any atom is -0.456 e. The van der Waals surface area contributed by atoms with Gasteiger partial charge in [0, 0.05) is 6.54 Å². The van der Waals surface area contributed by atoms with Crippen molar-refractivity contribution in [2.24, 2.45) is 0 Å². The van der Waals surface area contributed by atoms with Gasteiger partial charge in [-0.05, 0) is 57.0 Å². The van der Waals surface area contributed by atoms with Gasteiger partial charge in [-0.15, -0.1) is 0 Å². The summed E-state index contributed by atoms with van der Waals surface area (Å²) in [7, 11) is 0. The van der Waals surface area contributed by atoms with Crippen LogP contribution in [0, 0.1) is 5.82 Å². The van der Waals surface area contributed by atoms with Crippen molar-refractivity contribution < 1.29 is 13.9 Å². The van der Waals surface area contributed by atoms with E-state index in [-0.39, 0.29) is 0 Å². The molecule has 1 aliphatic heterocycles. The number of nitrogens with one attached hydrogen (secondary N) is 1. The van der Waals surface area contributed by atoms with Crippen molar-refractivity contribution in [3.05, 3.63) is 34.6 Å². The Morgan fingerprint density at radius 2 is 2.11 bits per heavy atom. The number of benzene rings is 1. The lowest BCUT2D eigenvalue weighted by Gasteiger charge is -2.23. The first-order valence-electron chi connectivity index (χ1n) is 6.12. The van der Waals surface area contributed by atoms with Crippen LogP contribution in [0.3, 0.4) is 0 Å². The molecule has 98 valence electrons.